The fourth-order valence-corrected chi connectivity index (χ4v) is 8.01. The van der Waals surface area contributed by atoms with Crippen molar-refractivity contribution in [2.24, 2.45) is 17.2 Å². The van der Waals surface area contributed by atoms with E-state index in [4.69, 9.17) is 22.3 Å². The summed E-state index contributed by atoms with van der Waals surface area (Å²) in [4.78, 5) is 117. The van der Waals surface area contributed by atoms with E-state index < -0.39 is 85.2 Å². The van der Waals surface area contributed by atoms with Gasteiger partial charge in [-0.1, -0.05) is 69.1 Å². The van der Waals surface area contributed by atoms with E-state index in [1.54, 1.807) is 50.2 Å². The zero-order valence-electron chi connectivity index (χ0n) is 44.1. The third-order valence-corrected chi connectivity index (χ3v) is 12.7. The molecule has 0 aliphatic carbocycles. The molecule has 0 radical (unpaired) electrons. The summed E-state index contributed by atoms with van der Waals surface area (Å²) in [5.41, 5.74) is 19.8. The minimum absolute atomic E-state index is 0.00394. The van der Waals surface area contributed by atoms with Crippen LogP contribution in [0.4, 0.5) is 0 Å². The van der Waals surface area contributed by atoms with Crippen LogP contribution in [0.15, 0.2) is 84.9 Å². The average Bonchev–Trinajstić information content (AvgIpc) is 3.37. The third-order valence-electron chi connectivity index (χ3n) is 10.8. The molecule has 0 aliphatic rings. The Morgan fingerprint density at radius 1 is 0.684 bits per heavy atom. The second kappa shape index (κ2) is 36.7. The summed E-state index contributed by atoms with van der Waals surface area (Å²) in [7, 11) is 5.52. The number of aryl methyl sites for hydroxylation is 1. The van der Waals surface area contributed by atoms with E-state index in [2.05, 4.69) is 33.2 Å². The second-order valence-corrected chi connectivity index (χ2v) is 20.0. The number of nitrogens with zero attached hydrogens (tertiary/aromatic N) is 2. The summed E-state index contributed by atoms with van der Waals surface area (Å²) in [6, 6.07) is 14.8. The van der Waals surface area contributed by atoms with Gasteiger partial charge in [0, 0.05) is 51.3 Å². The number of aliphatic hydroxyl groups is 1. The number of carbonyl (C=O) groups is 9. The number of likely N-dealkylation sites (N-methyl/N-ethyl adjacent to an activating group) is 2. The van der Waals surface area contributed by atoms with Crippen LogP contribution in [0.2, 0.25) is 0 Å². The number of carbonyl (C=O) groups excluding carboxylic acids is 9. The fourth-order valence-electron chi connectivity index (χ4n) is 6.69. The summed E-state index contributed by atoms with van der Waals surface area (Å²) in [6.45, 7) is 8.20. The van der Waals surface area contributed by atoms with Crippen molar-refractivity contribution in [3.05, 3.63) is 107 Å². The van der Waals surface area contributed by atoms with Crippen molar-refractivity contribution >= 4 is 74.8 Å². The molecule has 0 fully saturated rings. The number of hydrogen-bond acceptors (Lipinski definition) is 15. The van der Waals surface area contributed by atoms with Crippen molar-refractivity contribution in [1.29, 1.82) is 0 Å². The van der Waals surface area contributed by atoms with Gasteiger partial charge in [-0.25, -0.2) is 0 Å². The number of amides is 9. The van der Waals surface area contributed by atoms with Crippen molar-refractivity contribution in [2.75, 3.05) is 58.9 Å². The summed E-state index contributed by atoms with van der Waals surface area (Å²) in [5.74, 6) is -5.36. The Morgan fingerprint density at radius 2 is 1.20 bits per heavy atom. The quantitative estimate of drug-likeness (QED) is 0.0262. The SMILES string of the molecule is C=C(C)CCC(=O)NC(CSSC)C(=O)N(C)C(Cc1ccc(O)cc1)C(=O)NCC(=O)NC(CCCCN)C(=O)N(C)CC(=O)NCC(=O)NC(Cc1ccc(O)cc1)C(N)=O.CCO.Cc1ccc(C(N)=O)cc1. The molecule has 0 aliphatic heterocycles. The highest BCUT2D eigenvalue weighted by Crippen LogP contribution is 2.20. The monoisotopic (exact) mass is 1100 g/mol. The van der Waals surface area contributed by atoms with Gasteiger partial charge in [-0.05, 0) is 107 Å². The molecule has 4 unspecified atom stereocenters. The van der Waals surface area contributed by atoms with Crippen LogP contribution in [0, 0.1) is 6.92 Å². The van der Waals surface area contributed by atoms with Crippen molar-refractivity contribution in [1.82, 2.24) is 36.4 Å². The van der Waals surface area contributed by atoms with Gasteiger partial charge in [0.2, 0.25) is 53.2 Å². The maximum Gasteiger partial charge on any atom is 0.248 e. The van der Waals surface area contributed by atoms with Crippen molar-refractivity contribution < 1.29 is 58.5 Å². The normalized spacial score (nSPS) is 11.9. The third kappa shape index (κ3) is 27.4. The smallest absolute Gasteiger partial charge is 0.248 e. The average molecular weight is 1100 g/mol. The molecule has 0 saturated carbocycles. The van der Waals surface area contributed by atoms with Gasteiger partial charge in [-0.15, -0.1) is 6.58 Å². The molecule has 3 aromatic carbocycles. The molecular weight excluding hydrogens is 1020 g/mol. The van der Waals surface area contributed by atoms with E-state index in [-0.39, 0.29) is 61.4 Å². The largest absolute Gasteiger partial charge is 0.508 e. The van der Waals surface area contributed by atoms with Crippen LogP contribution in [0.1, 0.15) is 73.0 Å². The minimum atomic E-state index is -1.17. The molecule has 76 heavy (non-hydrogen) atoms. The molecule has 14 N–H and O–H groups in total. The molecule has 3 rings (SSSR count). The highest BCUT2D eigenvalue weighted by atomic mass is 33.1. The van der Waals surface area contributed by atoms with Gasteiger partial charge in [0.25, 0.3) is 0 Å². The van der Waals surface area contributed by atoms with Gasteiger partial charge >= 0.3 is 0 Å². The molecule has 0 spiro atoms. The standard InChI is InChI=1S/C42H61N9O10S2.C8H9NO.C2H6O/c1-26(2)9-18-35(54)49-33(25-63-62-5)42(61)51(4)34(21-28-12-16-30(53)17-13-28)40(59)46-23-37(56)47-31(8-6-7-19-43)41(60)50(3)24-38(57)45-22-36(55)48-32(39(44)58)20-27-10-14-29(52)15-11-27;1-6-2-4-7(5-3-6)8(9)10;1-2-3/h10-17,31-34,52-53H,1,6-9,18-25,43H2,2-5H3,(H2,44,58)(H,45,57)(H,46,59)(H,47,56)(H,48,55)(H,49,54);2-5H,1H3,(H2,9,10);3H,2H2,1H3. The number of aliphatic hydroxyl groups excluding tert-OH is 1. The van der Waals surface area contributed by atoms with Crippen LogP contribution in [0.25, 0.3) is 0 Å². The maximum absolute atomic E-state index is 13.9. The van der Waals surface area contributed by atoms with E-state index in [0.717, 1.165) is 16.0 Å². The Balaban J connectivity index is 0.00000194. The number of primary amides is 2. The lowest BCUT2D eigenvalue weighted by atomic mass is 10.0. The molecule has 0 aromatic heterocycles. The van der Waals surface area contributed by atoms with E-state index in [9.17, 15) is 53.4 Å². The summed E-state index contributed by atoms with van der Waals surface area (Å²) in [6.07, 6.45) is 3.53. The topological polar surface area (TPSA) is 359 Å². The van der Waals surface area contributed by atoms with E-state index in [1.807, 2.05) is 25.3 Å². The van der Waals surface area contributed by atoms with Gasteiger partial charge in [0.1, 0.15) is 35.7 Å². The first-order valence-corrected chi connectivity index (χ1v) is 27.0. The Hall–Kier alpha value is -7.15. The van der Waals surface area contributed by atoms with Gasteiger partial charge in [0.05, 0.1) is 19.6 Å². The second-order valence-electron chi connectivity index (χ2n) is 17.4. The molecule has 4 atom stereocenters. The molecule has 24 heteroatoms. The lowest BCUT2D eigenvalue weighted by molar-refractivity contribution is -0.141. The molecule has 0 saturated heterocycles. The van der Waals surface area contributed by atoms with Crippen molar-refractivity contribution in [3.63, 3.8) is 0 Å². The Labute approximate surface area is 452 Å². The predicted octanol–water partition coefficient (Wildman–Crippen LogP) is 0.930. The molecular formula is C52H76N10O12S2. The Kier molecular flexibility index (Phi) is 32.3. The summed E-state index contributed by atoms with van der Waals surface area (Å²) < 4.78 is 0. The Morgan fingerprint density at radius 3 is 1.70 bits per heavy atom. The first-order chi connectivity index (χ1) is 36.0. The number of allylic oxidation sites excluding steroid dienone is 1. The minimum Gasteiger partial charge on any atom is -0.508 e. The van der Waals surface area contributed by atoms with Gasteiger partial charge in [0.15, 0.2) is 0 Å². The van der Waals surface area contributed by atoms with Crippen LogP contribution in [-0.4, -0.2) is 161 Å². The number of unbranched alkanes of at least 4 members (excludes halogenated alkanes) is 1. The maximum atomic E-state index is 13.9. The van der Waals surface area contributed by atoms with Crippen molar-refractivity contribution in [3.8, 4) is 11.5 Å². The van der Waals surface area contributed by atoms with E-state index >= 15 is 0 Å². The lowest BCUT2D eigenvalue weighted by Crippen LogP contribution is -2.57. The van der Waals surface area contributed by atoms with E-state index in [0.29, 0.717) is 42.5 Å². The molecule has 0 heterocycles. The number of nitrogens with one attached hydrogen (secondary N) is 5. The summed E-state index contributed by atoms with van der Waals surface area (Å²) in [5, 5.41) is 39.7. The first-order valence-electron chi connectivity index (χ1n) is 24.2. The molecule has 9 amide bonds. The Bertz CT molecular complexity index is 2360. The summed E-state index contributed by atoms with van der Waals surface area (Å²) >= 11 is 0. The highest BCUT2D eigenvalue weighted by molar-refractivity contribution is 8.76. The number of aromatic hydroxyl groups is 2. The number of benzene rings is 3. The molecule has 0 bridgehead atoms. The number of nitrogens with two attached hydrogens (primary N) is 3. The van der Waals surface area contributed by atoms with Gasteiger partial charge < -0.3 is 68.9 Å². The molecule has 22 nitrogen and oxygen atoms in total. The first kappa shape index (κ1) is 66.9. The van der Waals surface area contributed by atoms with Crippen molar-refractivity contribution in [2.45, 2.75) is 89.9 Å². The van der Waals surface area contributed by atoms with Gasteiger partial charge in [-0.3, -0.25) is 43.2 Å². The number of phenols is 2. The fraction of sp³-hybridized carbons (Fsp3) is 0.442. The number of phenolic OH excluding ortho intramolecular Hbond substituents is 2. The molecule has 418 valence electrons. The van der Waals surface area contributed by atoms with Crippen LogP contribution in [-0.2, 0) is 51.2 Å². The highest BCUT2D eigenvalue weighted by Gasteiger charge is 2.33. The van der Waals surface area contributed by atoms with Crippen LogP contribution in [0.3, 0.4) is 0 Å². The van der Waals surface area contributed by atoms with Gasteiger partial charge in [-0.2, -0.15) is 0 Å². The van der Waals surface area contributed by atoms with Crippen LogP contribution in [0.5, 0.6) is 11.5 Å². The van der Waals surface area contributed by atoms with E-state index in [1.165, 1.54) is 64.8 Å². The molecule has 3 aromatic rings. The van der Waals surface area contributed by atoms with Crippen LogP contribution >= 0.6 is 21.6 Å². The lowest BCUT2D eigenvalue weighted by Gasteiger charge is -2.31. The predicted molar refractivity (Wildman–Crippen MR) is 294 cm³/mol. The zero-order chi connectivity index (χ0) is 57.3. The number of hydrogen-bond donors (Lipinski definition) is 11. The number of rotatable bonds is 29. The zero-order valence-corrected chi connectivity index (χ0v) is 45.7. The van der Waals surface area contributed by atoms with Crippen LogP contribution < -0.4 is 43.8 Å².